The third-order valence-electron chi connectivity index (χ3n) is 2.88. The van der Waals surface area contributed by atoms with Crippen LogP contribution in [0.1, 0.15) is 0 Å². The van der Waals surface area contributed by atoms with Crippen LogP contribution in [0.3, 0.4) is 0 Å². The molecule has 0 saturated carbocycles. The Kier molecular flexibility index (Phi) is 13.1. The zero-order chi connectivity index (χ0) is 19.3. The van der Waals surface area contributed by atoms with Gasteiger partial charge in [-0.25, -0.2) is 0 Å². The average molecular weight is 423 g/mol. The molecule has 10 nitrogen and oxygen atoms in total. The molecule has 4 N–H and O–H groups in total. The molecule has 2 heterocycles. The van der Waals surface area contributed by atoms with Crippen LogP contribution < -0.4 is 10.6 Å². The lowest BCUT2D eigenvalue weighted by atomic mass is 10.4. The van der Waals surface area contributed by atoms with Gasteiger partial charge in [-0.15, -0.1) is 23.2 Å². The Morgan fingerprint density at radius 3 is 1.48 bits per heavy atom. The fourth-order valence-corrected chi connectivity index (χ4v) is 2.05. The minimum atomic E-state index is -5.17. The van der Waals surface area contributed by atoms with Crippen molar-refractivity contribution in [1.82, 2.24) is 10.6 Å². The summed E-state index contributed by atoms with van der Waals surface area (Å²) in [5.74, 6) is 0.620. The van der Waals surface area contributed by atoms with Crippen molar-refractivity contribution >= 4 is 46.3 Å². The molecule has 2 atom stereocenters. The van der Waals surface area contributed by atoms with Gasteiger partial charge in [-0.1, -0.05) is 0 Å². The van der Waals surface area contributed by atoms with E-state index in [9.17, 15) is 0 Å². The summed E-state index contributed by atoms with van der Waals surface area (Å²) in [5, 5.41) is 24.3. The standard InChI is InChI=1S/2C6H11ClN2O.H2O4S/c2*7-3-6(10)4-9-2-1-8-5-9;1-5(2,3)4/h2*5-6,10H,1-4H2;(H2,1,2,3,4). The molecule has 2 rings (SSSR count). The van der Waals surface area contributed by atoms with E-state index in [1.54, 1.807) is 0 Å². The first-order valence-corrected chi connectivity index (χ1v) is 9.82. The lowest BCUT2D eigenvalue weighted by Gasteiger charge is -2.06. The predicted octanol–water partition coefficient (Wildman–Crippen LogP) is -2.88. The van der Waals surface area contributed by atoms with E-state index in [2.05, 4.69) is 10.6 Å². The van der Waals surface area contributed by atoms with Crippen LogP contribution in [0.25, 0.3) is 0 Å². The molecule has 2 aliphatic heterocycles. The van der Waals surface area contributed by atoms with E-state index in [0.717, 1.165) is 26.2 Å². The zero-order valence-electron chi connectivity index (χ0n) is 13.6. The number of hydrogen-bond acceptors (Lipinski definition) is 8. The normalized spacial score (nSPS) is 18.3. The van der Waals surface area contributed by atoms with Crippen LogP contribution in [-0.4, -0.2) is 113 Å². The summed E-state index contributed by atoms with van der Waals surface area (Å²) >= 11 is 10.8. The molecule has 0 aliphatic carbocycles. The van der Waals surface area contributed by atoms with Gasteiger partial charge >= 0.3 is 0 Å². The quantitative estimate of drug-likeness (QED) is 0.154. The Labute approximate surface area is 157 Å². The van der Waals surface area contributed by atoms with Crippen LogP contribution in [0.4, 0.5) is 0 Å². The molecular weight excluding hydrogens is 399 g/mol. The highest BCUT2D eigenvalue weighted by molar-refractivity contribution is 7.79. The Morgan fingerprint density at radius 2 is 1.28 bits per heavy atom. The monoisotopic (exact) mass is 422 g/mol. The van der Waals surface area contributed by atoms with Gasteiger partial charge < -0.3 is 19.3 Å². The number of hydrogen-bond donors (Lipinski definition) is 4. The van der Waals surface area contributed by atoms with Gasteiger partial charge in [0.1, 0.15) is 51.5 Å². The van der Waals surface area contributed by atoms with Crippen LogP contribution >= 0.6 is 23.2 Å². The van der Waals surface area contributed by atoms with Crippen molar-refractivity contribution in [2.24, 2.45) is 0 Å². The van der Waals surface area contributed by atoms with Gasteiger partial charge in [-0.2, -0.15) is 0 Å². The number of nitrogens with zero attached hydrogens (tertiary/aromatic N) is 2. The van der Waals surface area contributed by atoms with Crippen molar-refractivity contribution < 1.29 is 36.9 Å². The van der Waals surface area contributed by atoms with Crippen molar-refractivity contribution in [3.63, 3.8) is 0 Å². The van der Waals surface area contributed by atoms with E-state index in [0.29, 0.717) is 24.8 Å². The van der Waals surface area contributed by atoms with E-state index in [4.69, 9.17) is 50.9 Å². The van der Waals surface area contributed by atoms with Crippen LogP contribution in [0, 0.1) is 0 Å². The molecule has 0 amide bonds. The van der Waals surface area contributed by atoms with Gasteiger partial charge in [0, 0.05) is 10.4 Å². The number of aliphatic hydroxyl groups is 2. The topological polar surface area (TPSA) is 151 Å². The maximum atomic E-state index is 9.10. The first kappa shape index (κ1) is 24.3. The molecule has 0 bridgehead atoms. The predicted molar refractivity (Wildman–Crippen MR) is 92.1 cm³/mol. The molecule has 148 valence electrons. The second-order valence-electron chi connectivity index (χ2n) is 5.18. The van der Waals surface area contributed by atoms with Crippen molar-refractivity contribution in [1.29, 1.82) is 0 Å². The van der Waals surface area contributed by atoms with Crippen molar-refractivity contribution in [3.05, 3.63) is 0 Å². The van der Waals surface area contributed by atoms with Crippen molar-refractivity contribution in [2.75, 3.05) is 51.0 Å². The van der Waals surface area contributed by atoms with Gasteiger partial charge in [0.25, 0.3) is 0 Å². The number of halogens is 2. The fraction of sp³-hybridized carbons (Fsp3) is 0.833. The van der Waals surface area contributed by atoms with Gasteiger partial charge in [-0.05, 0) is 0 Å². The Morgan fingerprint density at radius 1 is 0.960 bits per heavy atom. The van der Waals surface area contributed by atoms with Crippen LogP contribution in [-0.2, 0) is 10.4 Å². The van der Waals surface area contributed by atoms with E-state index in [-0.39, 0.29) is 0 Å². The largest absolute Gasteiger partial charge is 0.759 e. The van der Waals surface area contributed by atoms with Crippen molar-refractivity contribution in [2.45, 2.75) is 12.2 Å². The molecule has 0 aromatic heterocycles. The summed E-state index contributed by atoms with van der Waals surface area (Å²) in [7, 11) is -5.17. The maximum absolute atomic E-state index is 9.10. The summed E-state index contributed by atoms with van der Waals surface area (Å²) < 4.78 is 38.1. The fourth-order valence-electron chi connectivity index (χ4n) is 1.86. The van der Waals surface area contributed by atoms with Crippen molar-refractivity contribution in [3.8, 4) is 0 Å². The molecule has 0 aromatic carbocycles. The smallest absolute Gasteiger partial charge is 0.232 e. The number of nitrogens with one attached hydrogen (secondary N) is 2. The van der Waals surface area contributed by atoms with Crippen LogP contribution in [0.5, 0.6) is 0 Å². The molecule has 0 radical (unpaired) electrons. The van der Waals surface area contributed by atoms with E-state index >= 15 is 0 Å². The SMILES string of the molecule is O=S(=O)([O-])[O-].OC(CCl)C[N+]1=CNCC1.OC(CCl)C[N+]1=CNCC1. The van der Waals surface area contributed by atoms with E-state index in [1.807, 2.05) is 21.8 Å². The second kappa shape index (κ2) is 13.5. The first-order valence-electron chi connectivity index (χ1n) is 7.42. The zero-order valence-corrected chi connectivity index (χ0v) is 15.9. The lowest BCUT2D eigenvalue weighted by molar-refractivity contribution is -0.521. The Hall–Kier alpha value is -0.690. The third kappa shape index (κ3) is 16.5. The summed E-state index contributed by atoms with van der Waals surface area (Å²) in [6, 6.07) is 0. The van der Waals surface area contributed by atoms with Gasteiger partial charge in [0.05, 0.1) is 11.8 Å². The van der Waals surface area contributed by atoms with Crippen LogP contribution in [0.15, 0.2) is 0 Å². The summed E-state index contributed by atoms with van der Waals surface area (Å²) in [6.45, 7) is 5.14. The Bertz CT molecular complexity index is 492. The molecule has 0 fully saturated rings. The van der Waals surface area contributed by atoms with E-state index < -0.39 is 22.6 Å². The average Bonchev–Trinajstić information content (AvgIpc) is 3.19. The minimum Gasteiger partial charge on any atom is -0.759 e. The maximum Gasteiger partial charge on any atom is 0.232 e. The molecule has 2 unspecified atom stereocenters. The van der Waals surface area contributed by atoms with Crippen LogP contribution in [0.2, 0.25) is 0 Å². The first-order chi connectivity index (χ1) is 11.7. The summed E-state index contributed by atoms with van der Waals surface area (Å²) in [5.41, 5.74) is 0. The minimum absolute atomic E-state index is 0.310. The highest BCUT2D eigenvalue weighted by Crippen LogP contribution is 1.90. The molecular formula is C12H24Cl2N4O6S. The molecule has 2 aliphatic rings. The number of β-amino-alcohol motifs (C(OH)–C–C–N with tert-alkyl or cyclic N) is 2. The second-order valence-corrected chi connectivity index (χ2v) is 6.61. The Balaban J connectivity index is 0.000000368. The molecule has 0 aromatic rings. The third-order valence-corrected chi connectivity index (χ3v) is 3.59. The van der Waals surface area contributed by atoms with E-state index in [1.165, 1.54) is 0 Å². The number of rotatable bonds is 6. The highest BCUT2D eigenvalue weighted by Gasteiger charge is 2.13. The highest BCUT2D eigenvalue weighted by atomic mass is 35.5. The van der Waals surface area contributed by atoms with Gasteiger partial charge in [-0.3, -0.25) is 28.2 Å². The molecule has 0 spiro atoms. The van der Waals surface area contributed by atoms with Gasteiger partial charge in [0.2, 0.25) is 12.7 Å². The van der Waals surface area contributed by atoms with Gasteiger partial charge in [0.15, 0.2) is 0 Å². The molecule has 0 saturated heterocycles. The summed E-state index contributed by atoms with van der Waals surface area (Å²) in [6.07, 6.45) is 2.96. The summed E-state index contributed by atoms with van der Waals surface area (Å²) in [4.78, 5) is 0. The number of aliphatic hydroxyl groups excluding tert-OH is 2. The lowest BCUT2D eigenvalue weighted by Crippen LogP contribution is -2.25. The molecule has 13 heteroatoms. The molecule has 25 heavy (non-hydrogen) atoms. The number of alkyl halides is 2.